The van der Waals surface area contributed by atoms with Gasteiger partial charge in [-0.25, -0.2) is 4.68 Å². The molecule has 0 saturated carbocycles. The number of nitrogens with one attached hydrogen (secondary N) is 1. The molecule has 1 aliphatic heterocycles. The SMILES string of the molecule is C=CC1=C(CN(C)C(C)CCCc2ccccc2)C(=C)n2nc(CC)cc2N1. The number of nitrogens with zero attached hydrogens (tertiary/aromatic N) is 3. The second kappa shape index (κ2) is 9.07. The zero-order chi connectivity index (χ0) is 20.1. The van der Waals surface area contributed by atoms with Gasteiger partial charge in [-0.3, -0.25) is 4.90 Å². The van der Waals surface area contributed by atoms with Crippen molar-refractivity contribution in [3.05, 3.63) is 78.2 Å². The summed E-state index contributed by atoms with van der Waals surface area (Å²) in [7, 11) is 2.18. The Bertz CT molecular complexity index is 860. The van der Waals surface area contributed by atoms with Crippen LogP contribution in [0.25, 0.3) is 5.70 Å². The third-order valence-electron chi connectivity index (χ3n) is 5.61. The van der Waals surface area contributed by atoms with Gasteiger partial charge in [0.1, 0.15) is 5.82 Å². The number of likely N-dealkylation sites (N-methyl/N-ethyl adjacent to an activating group) is 1. The molecule has 0 fully saturated rings. The zero-order valence-corrected chi connectivity index (χ0v) is 17.4. The zero-order valence-electron chi connectivity index (χ0n) is 17.4. The lowest BCUT2D eigenvalue weighted by molar-refractivity contribution is 0.263. The highest BCUT2D eigenvalue weighted by molar-refractivity contribution is 5.75. The monoisotopic (exact) mass is 376 g/mol. The number of rotatable bonds is 9. The van der Waals surface area contributed by atoms with Crippen LogP contribution in [0.5, 0.6) is 0 Å². The minimum Gasteiger partial charge on any atom is -0.340 e. The topological polar surface area (TPSA) is 33.1 Å². The number of fused-ring (bicyclic) bond motifs is 1. The van der Waals surface area contributed by atoms with Gasteiger partial charge in [-0.2, -0.15) is 5.10 Å². The Labute approximate surface area is 169 Å². The van der Waals surface area contributed by atoms with Crippen molar-refractivity contribution >= 4 is 11.5 Å². The number of aryl methyl sites for hydroxylation is 2. The van der Waals surface area contributed by atoms with Crippen molar-refractivity contribution < 1.29 is 0 Å². The van der Waals surface area contributed by atoms with E-state index in [1.54, 1.807) is 0 Å². The Balaban J connectivity index is 1.62. The van der Waals surface area contributed by atoms with Crippen LogP contribution in [-0.4, -0.2) is 34.3 Å². The van der Waals surface area contributed by atoms with Gasteiger partial charge in [0.2, 0.25) is 0 Å². The number of hydrogen-bond acceptors (Lipinski definition) is 3. The number of benzene rings is 1. The highest BCUT2D eigenvalue weighted by Gasteiger charge is 2.23. The van der Waals surface area contributed by atoms with E-state index in [4.69, 9.17) is 0 Å². The Kier molecular flexibility index (Phi) is 6.53. The molecule has 1 aliphatic rings. The van der Waals surface area contributed by atoms with E-state index in [9.17, 15) is 0 Å². The first-order chi connectivity index (χ1) is 13.5. The van der Waals surface area contributed by atoms with Gasteiger partial charge in [0, 0.05) is 29.9 Å². The quantitative estimate of drug-likeness (QED) is 0.659. The molecular weight excluding hydrogens is 344 g/mol. The summed E-state index contributed by atoms with van der Waals surface area (Å²) in [5, 5.41) is 8.14. The summed E-state index contributed by atoms with van der Waals surface area (Å²) in [6, 6.07) is 13.3. The Morgan fingerprint density at radius 3 is 2.71 bits per heavy atom. The third kappa shape index (κ3) is 4.45. The van der Waals surface area contributed by atoms with Crippen LogP contribution in [0.3, 0.4) is 0 Å². The Morgan fingerprint density at radius 2 is 2.04 bits per heavy atom. The molecule has 4 heteroatoms. The second-order valence-electron chi connectivity index (χ2n) is 7.60. The largest absolute Gasteiger partial charge is 0.340 e. The molecule has 0 aliphatic carbocycles. The highest BCUT2D eigenvalue weighted by Crippen LogP contribution is 2.31. The van der Waals surface area contributed by atoms with Crippen molar-refractivity contribution in [2.24, 2.45) is 0 Å². The Morgan fingerprint density at radius 1 is 1.29 bits per heavy atom. The van der Waals surface area contributed by atoms with E-state index >= 15 is 0 Å². The van der Waals surface area contributed by atoms with Crippen molar-refractivity contribution in [2.45, 2.75) is 45.6 Å². The van der Waals surface area contributed by atoms with Gasteiger partial charge in [-0.1, -0.05) is 50.4 Å². The highest BCUT2D eigenvalue weighted by atomic mass is 15.4. The molecule has 3 rings (SSSR count). The fourth-order valence-electron chi connectivity index (χ4n) is 3.62. The van der Waals surface area contributed by atoms with E-state index in [0.29, 0.717) is 6.04 Å². The van der Waals surface area contributed by atoms with Crippen molar-refractivity contribution in [2.75, 3.05) is 18.9 Å². The van der Waals surface area contributed by atoms with Crippen LogP contribution in [0.4, 0.5) is 5.82 Å². The van der Waals surface area contributed by atoms with Crippen molar-refractivity contribution in [3.63, 3.8) is 0 Å². The average Bonchev–Trinajstić information content (AvgIpc) is 3.14. The lowest BCUT2D eigenvalue weighted by atomic mass is 10.0. The number of anilines is 1. The van der Waals surface area contributed by atoms with Crippen LogP contribution < -0.4 is 5.32 Å². The summed E-state index contributed by atoms with van der Waals surface area (Å²) in [4.78, 5) is 2.39. The third-order valence-corrected chi connectivity index (χ3v) is 5.61. The molecule has 2 aromatic rings. The van der Waals surface area contributed by atoms with Crippen LogP contribution in [0.15, 0.2) is 66.9 Å². The summed E-state index contributed by atoms with van der Waals surface area (Å²) < 4.78 is 1.93. The maximum Gasteiger partial charge on any atom is 0.134 e. The number of aromatic nitrogens is 2. The molecule has 0 spiro atoms. The maximum atomic E-state index is 4.67. The van der Waals surface area contributed by atoms with Gasteiger partial charge in [0.05, 0.1) is 11.4 Å². The predicted molar refractivity (Wildman–Crippen MR) is 119 cm³/mol. The Hall–Kier alpha value is -2.59. The molecule has 28 heavy (non-hydrogen) atoms. The molecule has 1 aromatic carbocycles. The van der Waals surface area contributed by atoms with E-state index in [2.05, 4.69) is 85.8 Å². The molecule has 4 nitrogen and oxygen atoms in total. The van der Waals surface area contributed by atoms with Gasteiger partial charge in [-0.05, 0) is 51.3 Å². The molecular formula is C24H32N4. The molecule has 1 aromatic heterocycles. The van der Waals surface area contributed by atoms with Gasteiger partial charge in [0.25, 0.3) is 0 Å². The molecule has 1 unspecified atom stereocenters. The number of hydrogen-bond donors (Lipinski definition) is 1. The second-order valence-corrected chi connectivity index (χ2v) is 7.60. The molecule has 2 heterocycles. The first-order valence-electron chi connectivity index (χ1n) is 10.2. The van der Waals surface area contributed by atoms with Gasteiger partial charge < -0.3 is 5.32 Å². The van der Waals surface area contributed by atoms with E-state index in [-0.39, 0.29) is 0 Å². The standard InChI is InChI=1S/C24H32N4/c1-6-21-16-24-25-23(7-2)22(19(4)28(24)26-21)17-27(5)18(3)12-11-15-20-13-9-8-10-14-20/h7-10,13-14,16,18,25H,2,4,6,11-12,15,17H2,1,3,5H3. The van der Waals surface area contributed by atoms with Gasteiger partial charge >= 0.3 is 0 Å². The van der Waals surface area contributed by atoms with E-state index in [1.165, 1.54) is 12.0 Å². The lowest BCUT2D eigenvalue weighted by Crippen LogP contribution is -2.33. The fraction of sp³-hybridized carbons (Fsp3) is 0.375. The van der Waals surface area contributed by atoms with E-state index in [0.717, 1.165) is 54.3 Å². The van der Waals surface area contributed by atoms with Crippen molar-refractivity contribution in [3.8, 4) is 0 Å². The van der Waals surface area contributed by atoms with E-state index in [1.807, 2.05) is 10.8 Å². The molecule has 0 amide bonds. The van der Waals surface area contributed by atoms with E-state index < -0.39 is 0 Å². The van der Waals surface area contributed by atoms with Crippen LogP contribution in [0, 0.1) is 0 Å². The average molecular weight is 377 g/mol. The minimum atomic E-state index is 0.486. The smallest absolute Gasteiger partial charge is 0.134 e. The predicted octanol–water partition coefficient (Wildman–Crippen LogP) is 5.13. The molecule has 0 saturated heterocycles. The maximum absolute atomic E-state index is 4.67. The summed E-state index contributed by atoms with van der Waals surface area (Å²) in [5.74, 6) is 0.971. The van der Waals surface area contributed by atoms with Gasteiger partial charge in [-0.15, -0.1) is 0 Å². The lowest BCUT2D eigenvalue weighted by Gasteiger charge is -2.30. The normalized spacial score (nSPS) is 14.8. The first-order valence-corrected chi connectivity index (χ1v) is 10.2. The van der Waals surface area contributed by atoms with Gasteiger partial charge in [0.15, 0.2) is 0 Å². The molecule has 0 radical (unpaired) electrons. The first kappa shape index (κ1) is 20.2. The molecule has 0 bridgehead atoms. The molecule has 148 valence electrons. The molecule has 1 N–H and O–H groups in total. The molecule has 1 atom stereocenters. The van der Waals surface area contributed by atoms with Crippen molar-refractivity contribution in [1.82, 2.24) is 14.7 Å². The summed E-state index contributed by atoms with van der Waals surface area (Å²) >= 11 is 0. The summed E-state index contributed by atoms with van der Waals surface area (Å²) in [6.07, 6.45) is 6.27. The van der Waals surface area contributed by atoms with Crippen LogP contribution >= 0.6 is 0 Å². The van der Waals surface area contributed by atoms with Crippen LogP contribution in [-0.2, 0) is 12.8 Å². The van der Waals surface area contributed by atoms with Crippen molar-refractivity contribution in [1.29, 1.82) is 0 Å². The van der Waals surface area contributed by atoms with Crippen LogP contribution in [0.1, 0.15) is 37.9 Å². The minimum absolute atomic E-state index is 0.486. The summed E-state index contributed by atoms with van der Waals surface area (Å²) in [6.45, 7) is 13.6. The van der Waals surface area contributed by atoms with Crippen LogP contribution in [0.2, 0.25) is 0 Å². The fourth-order valence-corrected chi connectivity index (χ4v) is 3.62. The number of allylic oxidation sites excluding steroid dienone is 1. The summed E-state index contributed by atoms with van der Waals surface area (Å²) in [5.41, 5.74) is 5.61.